The van der Waals surface area contributed by atoms with Crippen molar-refractivity contribution in [2.75, 3.05) is 5.32 Å². The van der Waals surface area contributed by atoms with E-state index in [0.717, 1.165) is 10.9 Å². The Kier molecular flexibility index (Phi) is 5.39. The Morgan fingerprint density at radius 1 is 1.39 bits per heavy atom. The normalized spacial score (nSPS) is 10.4. The number of anilines is 1. The summed E-state index contributed by atoms with van der Waals surface area (Å²) >= 11 is 6.44. The van der Waals surface area contributed by atoms with Crippen LogP contribution in [-0.2, 0) is 4.79 Å². The lowest BCUT2D eigenvalue weighted by Crippen LogP contribution is -2.32. The molecule has 7 nitrogen and oxygen atoms in total. The third-order valence-corrected chi connectivity index (χ3v) is 3.66. The van der Waals surface area contributed by atoms with Gasteiger partial charge in [-0.3, -0.25) is 20.2 Å². The van der Waals surface area contributed by atoms with Crippen molar-refractivity contribution in [2.45, 2.75) is 0 Å². The number of carbonyl (C=O) groups is 1. The van der Waals surface area contributed by atoms with Crippen LogP contribution in [-0.4, -0.2) is 21.0 Å². The zero-order valence-corrected chi connectivity index (χ0v) is 13.2. The van der Waals surface area contributed by atoms with E-state index in [4.69, 9.17) is 12.2 Å². The summed E-state index contributed by atoms with van der Waals surface area (Å²) in [7, 11) is 0. The highest BCUT2D eigenvalue weighted by atomic mass is 32.1. The fourth-order valence-corrected chi connectivity index (χ4v) is 2.42. The lowest BCUT2D eigenvalue weighted by atomic mass is 10.2. The minimum atomic E-state index is -0.626. The molecule has 3 N–H and O–H groups in total. The van der Waals surface area contributed by atoms with Gasteiger partial charge in [0, 0.05) is 17.0 Å². The first kappa shape index (κ1) is 16.6. The van der Waals surface area contributed by atoms with Crippen LogP contribution in [0.3, 0.4) is 0 Å². The van der Waals surface area contributed by atoms with Crippen LogP contribution in [0.2, 0.25) is 0 Å². The molecular weight excluding hydrogens is 338 g/mol. The number of carbonyl (C=O) groups excluding carboxylic acids is 1. The summed E-state index contributed by atoms with van der Waals surface area (Å²) in [5.74, 6) is -0.776. The van der Waals surface area contributed by atoms with Crippen LogP contribution in [0.25, 0.3) is 6.08 Å². The molecule has 0 unspecified atom stereocenters. The van der Waals surface area contributed by atoms with Gasteiger partial charge >= 0.3 is 0 Å². The fourth-order valence-electron chi connectivity index (χ4n) is 1.59. The van der Waals surface area contributed by atoms with E-state index in [2.05, 4.69) is 10.6 Å². The van der Waals surface area contributed by atoms with E-state index in [9.17, 15) is 20.0 Å². The standard InChI is InChI=1S/C14H11N3O4S2/c18-12-8-9(17(20)21)3-5-11(12)15-14(22)16-13(19)6-4-10-2-1-7-23-10/h1-8,18H,(H2,15,16,19,22). The minimum Gasteiger partial charge on any atom is -0.506 e. The van der Waals surface area contributed by atoms with Crippen molar-refractivity contribution in [2.24, 2.45) is 0 Å². The van der Waals surface area contributed by atoms with E-state index in [1.165, 1.54) is 29.5 Å². The summed E-state index contributed by atoms with van der Waals surface area (Å²) in [4.78, 5) is 22.6. The molecule has 0 fully saturated rings. The molecular formula is C14H11N3O4S2. The van der Waals surface area contributed by atoms with Gasteiger partial charge in [-0.1, -0.05) is 6.07 Å². The molecule has 1 heterocycles. The molecule has 0 bridgehead atoms. The number of hydrogen-bond acceptors (Lipinski definition) is 6. The van der Waals surface area contributed by atoms with Crippen molar-refractivity contribution < 1.29 is 14.8 Å². The number of phenolic OH excluding ortho intramolecular Hbond substituents is 1. The second kappa shape index (κ2) is 7.47. The smallest absolute Gasteiger partial charge is 0.273 e. The van der Waals surface area contributed by atoms with Crippen molar-refractivity contribution in [3.63, 3.8) is 0 Å². The number of aromatic hydroxyl groups is 1. The van der Waals surface area contributed by atoms with Crippen LogP contribution in [0.4, 0.5) is 11.4 Å². The van der Waals surface area contributed by atoms with Crippen molar-refractivity contribution in [3.8, 4) is 5.75 Å². The van der Waals surface area contributed by atoms with Crippen LogP contribution >= 0.6 is 23.6 Å². The Morgan fingerprint density at radius 3 is 2.78 bits per heavy atom. The second-order valence-corrected chi connectivity index (χ2v) is 5.64. The highest BCUT2D eigenvalue weighted by molar-refractivity contribution is 7.80. The molecule has 0 saturated carbocycles. The summed E-state index contributed by atoms with van der Waals surface area (Å²) in [6, 6.07) is 7.23. The van der Waals surface area contributed by atoms with Gasteiger partial charge < -0.3 is 10.4 Å². The Labute approximate surface area is 140 Å². The maximum absolute atomic E-state index is 11.7. The number of amides is 1. The molecule has 2 aromatic rings. The van der Waals surface area contributed by atoms with Crippen LogP contribution in [0.15, 0.2) is 41.8 Å². The lowest BCUT2D eigenvalue weighted by Gasteiger charge is -2.09. The number of non-ortho nitro benzene ring substituents is 1. The van der Waals surface area contributed by atoms with Gasteiger partial charge in [0.15, 0.2) is 5.11 Å². The molecule has 0 aliphatic carbocycles. The number of phenols is 1. The van der Waals surface area contributed by atoms with E-state index < -0.39 is 10.8 Å². The molecule has 9 heteroatoms. The molecule has 0 aliphatic rings. The summed E-state index contributed by atoms with van der Waals surface area (Å²) in [6.07, 6.45) is 2.97. The van der Waals surface area contributed by atoms with E-state index in [0.29, 0.717) is 0 Å². The van der Waals surface area contributed by atoms with Gasteiger partial charge in [0.2, 0.25) is 5.91 Å². The molecule has 2 rings (SSSR count). The average molecular weight is 349 g/mol. The Hall–Kier alpha value is -2.78. The zero-order valence-electron chi connectivity index (χ0n) is 11.6. The molecule has 1 amide bonds. The third-order valence-electron chi connectivity index (χ3n) is 2.62. The Morgan fingerprint density at radius 2 is 2.17 bits per heavy atom. The first-order chi connectivity index (χ1) is 11.0. The molecule has 118 valence electrons. The highest BCUT2D eigenvalue weighted by Gasteiger charge is 2.11. The summed E-state index contributed by atoms with van der Waals surface area (Å²) in [5.41, 5.74) is -0.0926. The number of hydrogen-bond donors (Lipinski definition) is 3. The van der Waals surface area contributed by atoms with E-state index in [1.807, 2.05) is 17.5 Å². The summed E-state index contributed by atoms with van der Waals surface area (Å²) in [5, 5.41) is 27.1. The Balaban J connectivity index is 1.94. The fraction of sp³-hybridized carbons (Fsp3) is 0. The van der Waals surface area contributed by atoms with Crippen molar-refractivity contribution >= 4 is 52.0 Å². The van der Waals surface area contributed by atoms with Crippen LogP contribution in [0.5, 0.6) is 5.75 Å². The van der Waals surface area contributed by atoms with Crippen molar-refractivity contribution in [3.05, 3.63) is 56.8 Å². The van der Waals surface area contributed by atoms with Gasteiger partial charge in [0.05, 0.1) is 16.7 Å². The average Bonchev–Trinajstić information content (AvgIpc) is 3.00. The van der Waals surface area contributed by atoms with Gasteiger partial charge in [-0.05, 0) is 35.8 Å². The van der Waals surface area contributed by atoms with Gasteiger partial charge in [-0.2, -0.15) is 0 Å². The predicted octanol–water partition coefficient (Wildman–Crippen LogP) is 2.89. The SMILES string of the molecule is O=C(C=Cc1cccs1)NC(=S)Nc1ccc([N+](=O)[O-])cc1O. The van der Waals surface area contributed by atoms with Crippen molar-refractivity contribution in [1.29, 1.82) is 0 Å². The quantitative estimate of drug-likeness (QED) is 0.258. The molecule has 0 radical (unpaired) electrons. The number of thiophene rings is 1. The molecule has 23 heavy (non-hydrogen) atoms. The van der Waals surface area contributed by atoms with Gasteiger partial charge in [-0.15, -0.1) is 11.3 Å². The molecule has 0 saturated heterocycles. The van der Waals surface area contributed by atoms with E-state index >= 15 is 0 Å². The van der Waals surface area contributed by atoms with Gasteiger partial charge in [-0.25, -0.2) is 0 Å². The van der Waals surface area contributed by atoms with Gasteiger partial charge in [0.1, 0.15) is 5.75 Å². The zero-order chi connectivity index (χ0) is 16.8. The molecule has 0 atom stereocenters. The monoisotopic (exact) mass is 349 g/mol. The largest absolute Gasteiger partial charge is 0.506 e. The van der Waals surface area contributed by atoms with E-state index in [-0.39, 0.29) is 22.2 Å². The maximum atomic E-state index is 11.7. The topological polar surface area (TPSA) is 104 Å². The first-order valence-electron chi connectivity index (χ1n) is 6.26. The third kappa shape index (κ3) is 4.87. The first-order valence-corrected chi connectivity index (χ1v) is 7.55. The molecule has 0 aliphatic heterocycles. The molecule has 1 aromatic heterocycles. The molecule has 0 spiro atoms. The number of nitrogens with zero attached hydrogens (tertiary/aromatic N) is 1. The maximum Gasteiger partial charge on any atom is 0.273 e. The number of nitrogens with one attached hydrogen (secondary N) is 2. The number of nitro benzene ring substituents is 1. The van der Waals surface area contributed by atoms with E-state index in [1.54, 1.807) is 6.08 Å². The second-order valence-electron chi connectivity index (χ2n) is 4.25. The predicted molar refractivity (Wildman–Crippen MR) is 92.5 cm³/mol. The minimum absolute atomic E-state index is 0.0324. The summed E-state index contributed by atoms with van der Waals surface area (Å²) in [6.45, 7) is 0. The van der Waals surface area contributed by atoms with Crippen molar-refractivity contribution in [1.82, 2.24) is 5.32 Å². The number of benzene rings is 1. The lowest BCUT2D eigenvalue weighted by molar-refractivity contribution is -0.384. The summed E-state index contributed by atoms with van der Waals surface area (Å²) < 4.78 is 0. The number of thiocarbonyl (C=S) groups is 1. The Bertz CT molecular complexity index is 772. The number of rotatable bonds is 4. The number of nitro groups is 1. The highest BCUT2D eigenvalue weighted by Crippen LogP contribution is 2.27. The molecule has 1 aromatic carbocycles. The van der Waals surface area contributed by atoms with Crippen LogP contribution < -0.4 is 10.6 Å². The van der Waals surface area contributed by atoms with Gasteiger partial charge in [0.25, 0.3) is 5.69 Å². The van der Waals surface area contributed by atoms with Crippen LogP contribution in [0.1, 0.15) is 4.88 Å². The van der Waals surface area contributed by atoms with Crippen LogP contribution in [0, 0.1) is 10.1 Å².